The maximum atomic E-state index is 7.49. The Hall–Kier alpha value is -2.74. The van der Waals surface area contributed by atoms with Gasteiger partial charge in [-0.15, -0.1) is 0 Å². The summed E-state index contributed by atoms with van der Waals surface area (Å²) in [6.07, 6.45) is 4.78. The molecule has 2 aromatic heterocycles. The predicted molar refractivity (Wildman–Crippen MR) is 100 cm³/mol. The fraction of sp³-hybridized carbons (Fsp3) is 0.188. The number of thioether (sulfide) groups is 1. The summed E-state index contributed by atoms with van der Waals surface area (Å²) in [5, 5.41) is 18.3. The zero-order chi connectivity index (χ0) is 16.9. The largest absolute Gasteiger partial charge is 0.396 e. The van der Waals surface area contributed by atoms with Crippen LogP contribution in [0.4, 0.5) is 17.2 Å². The molecule has 0 aromatic carbocycles. The number of nitrogens with zero attached hydrogens (tertiary/aromatic N) is 2. The molecule has 0 fully saturated rings. The van der Waals surface area contributed by atoms with Crippen LogP contribution in [0.15, 0.2) is 41.7 Å². The van der Waals surface area contributed by atoms with Crippen molar-refractivity contribution in [1.82, 2.24) is 15.3 Å². The molecule has 24 heavy (non-hydrogen) atoms. The van der Waals surface area contributed by atoms with E-state index in [4.69, 9.17) is 11.1 Å². The fourth-order valence-electron chi connectivity index (χ4n) is 2.33. The molecule has 6 N–H and O–H groups in total. The first kappa shape index (κ1) is 16.1. The Balaban J connectivity index is 1.70. The van der Waals surface area contributed by atoms with E-state index in [1.54, 1.807) is 43.3 Å². The molecule has 0 radical (unpaired) electrons. The fourth-order valence-corrected chi connectivity index (χ4v) is 3.33. The number of hydrogen-bond acceptors (Lipinski definition) is 8. The van der Waals surface area contributed by atoms with Crippen LogP contribution in [-0.2, 0) is 0 Å². The molecule has 2 aromatic rings. The van der Waals surface area contributed by atoms with Gasteiger partial charge in [0.2, 0.25) is 0 Å². The molecule has 0 saturated carbocycles. The van der Waals surface area contributed by atoms with Crippen molar-refractivity contribution in [2.45, 2.75) is 10.4 Å². The molecule has 124 valence electrons. The van der Waals surface area contributed by atoms with E-state index in [1.165, 1.54) is 6.21 Å². The average Bonchev–Trinajstić information content (AvgIpc) is 3.02. The quantitative estimate of drug-likeness (QED) is 0.512. The number of anilines is 3. The number of rotatable bonds is 6. The van der Waals surface area contributed by atoms with Crippen LogP contribution in [0.25, 0.3) is 5.57 Å². The summed E-state index contributed by atoms with van der Waals surface area (Å²) in [5.74, 6) is 0.614. The van der Waals surface area contributed by atoms with E-state index in [0.29, 0.717) is 29.3 Å². The Morgan fingerprint density at radius 3 is 3.08 bits per heavy atom. The standard InChI is InChI=1S/C16H19N7S/c1-19-8-10(7-17)12-5-4-11(18)15(23-12)21-9-14-22-13-3-2-6-20-16(13)24-14/h2-8,14,17,19,22H,9,18H2,1H3,(H,21,23)/b10-8+,17-7?. The van der Waals surface area contributed by atoms with Crippen molar-refractivity contribution in [3.63, 3.8) is 0 Å². The van der Waals surface area contributed by atoms with E-state index in [2.05, 4.69) is 25.9 Å². The van der Waals surface area contributed by atoms with Gasteiger partial charge in [0.15, 0.2) is 0 Å². The SMILES string of the molecule is CN/C=C(\C=N)c1ccc(N)c(NCC2Nc3cccnc3S2)n1. The van der Waals surface area contributed by atoms with Gasteiger partial charge in [0.25, 0.3) is 0 Å². The zero-order valence-corrected chi connectivity index (χ0v) is 14.0. The van der Waals surface area contributed by atoms with E-state index in [1.807, 2.05) is 12.1 Å². The van der Waals surface area contributed by atoms with Crippen LogP contribution in [0.3, 0.4) is 0 Å². The lowest BCUT2D eigenvalue weighted by molar-refractivity contribution is 1.01. The molecule has 3 heterocycles. The van der Waals surface area contributed by atoms with E-state index in [-0.39, 0.29) is 5.37 Å². The van der Waals surface area contributed by atoms with Gasteiger partial charge in [0.05, 0.1) is 22.4 Å². The molecule has 1 aliphatic heterocycles. The Labute approximate surface area is 144 Å². The number of hydrogen-bond donors (Lipinski definition) is 5. The minimum Gasteiger partial charge on any atom is -0.396 e. The van der Waals surface area contributed by atoms with Crippen molar-refractivity contribution in [2.24, 2.45) is 0 Å². The number of nitrogen functional groups attached to an aromatic ring is 1. The first-order valence-corrected chi connectivity index (χ1v) is 8.36. The molecule has 1 aliphatic rings. The minimum atomic E-state index is 0.162. The van der Waals surface area contributed by atoms with Gasteiger partial charge in [-0.2, -0.15) is 0 Å². The smallest absolute Gasteiger partial charge is 0.150 e. The molecule has 7 nitrogen and oxygen atoms in total. The Kier molecular flexibility index (Phi) is 4.85. The Morgan fingerprint density at radius 2 is 2.33 bits per heavy atom. The number of aromatic nitrogens is 2. The van der Waals surface area contributed by atoms with Crippen molar-refractivity contribution in [1.29, 1.82) is 5.41 Å². The lowest BCUT2D eigenvalue weighted by atomic mass is 10.2. The Morgan fingerprint density at radius 1 is 1.46 bits per heavy atom. The molecule has 1 unspecified atom stereocenters. The van der Waals surface area contributed by atoms with E-state index >= 15 is 0 Å². The van der Waals surface area contributed by atoms with E-state index in [9.17, 15) is 0 Å². The van der Waals surface area contributed by atoms with Gasteiger partial charge < -0.3 is 27.1 Å². The van der Waals surface area contributed by atoms with E-state index < -0.39 is 0 Å². The number of pyridine rings is 2. The van der Waals surface area contributed by atoms with Gasteiger partial charge in [0, 0.05) is 37.8 Å². The highest BCUT2D eigenvalue weighted by Crippen LogP contribution is 2.36. The first-order chi connectivity index (χ1) is 11.7. The molecule has 0 bridgehead atoms. The summed E-state index contributed by atoms with van der Waals surface area (Å²) in [4.78, 5) is 8.87. The summed E-state index contributed by atoms with van der Waals surface area (Å²) in [6, 6.07) is 7.53. The van der Waals surface area contributed by atoms with Crippen molar-refractivity contribution >= 4 is 40.7 Å². The third kappa shape index (κ3) is 3.43. The molecule has 0 saturated heterocycles. The van der Waals surface area contributed by atoms with Crippen molar-refractivity contribution in [3.05, 3.63) is 42.4 Å². The van der Waals surface area contributed by atoms with Crippen LogP contribution in [0, 0.1) is 5.41 Å². The highest BCUT2D eigenvalue weighted by atomic mass is 32.2. The second-order valence-corrected chi connectivity index (χ2v) is 6.35. The number of nitrogens with one attached hydrogen (secondary N) is 4. The summed E-state index contributed by atoms with van der Waals surface area (Å²) < 4.78 is 0. The van der Waals surface area contributed by atoms with Crippen molar-refractivity contribution in [3.8, 4) is 0 Å². The third-order valence-electron chi connectivity index (χ3n) is 3.47. The molecular formula is C16H19N7S. The van der Waals surface area contributed by atoms with Crippen LogP contribution < -0.4 is 21.7 Å². The van der Waals surface area contributed by atoms with Gasteiger partial charge >= 0.3 is 0 Å². The highest BCUT2D eigenvalue weighted by Gasteiger charge is 2.22. The van der Waals surface area contributed by atoms with Crippen LogP contribution in [0.1, 0.15) is 5.69 Å². The number of nitrogens with two attached hydrogens (primary N) is 1. The van der Waals surface area contributed by atoms with Gasteiger partial charge in [-0.3, -0.25) is 0 Å². The molecule has 0 aliphatic carbocycles. The molecule has 8 heteroatoms. The van der Waals surface area contributed by atoms with Crippen molar-refractivity contribution < 1.29 is 0 Å². The van der Waals surface area contributed by atoms with Crippen LogP contribution in [0.5, 0.6) is 0 Å². The maximum Gasteiger partial charge on any atom is 0.150 e. The average molecular weight is 341 g/mol. The topological polar surface area (TPSA) is 112 Å². The Bertz CT molecular complexity index is 750. The number of fused-ring (bicyclic) bond motifs is 1. The molecule has 0 amide bonds. The highest BCUT2D eigenvalue weighted by molar-refractivity contribution is 8.00. The maximum absolute atomic E-state index is 7.49. The molecule has 1 atom stereocenters. The van der Waals surface area contributed by atoms with Crippen LogP contribution in [-0.4, -0.2) is 35.1 Å². The number of allylic oxidation sites excluding steroid dienone is 1. The van der Waals surface area contributed by atoms with Gasteiger partial charge in [-0.25, -0.2) is 9.97 Å². The second kappa shape index (κ2) is 7.22. The summed E-state index contributed by atoms with van der Waals surface area (Å²) >= 11 is 1.67. The molecule has 0 spiro atoms. The minimum absolute atomic E-state index is 0.162. The second-order valence-electron chi connectivity index (χ2n) is 5.15. The molecule has 3 rings (SSSR count). The normalized spacial score (nSPS) is 16.2. The van der Waals surface area contributed by atoms with Crippen LogP contribution in [0.2, 0.25) is 0 Å². The van der Waals surface area contributed by atoms with Gasteiger partial charge in [0.1, 0.15) is 10.8 Å². The lowest BCUT2D eigenvalue weighted by Crippen LogP contribution is -2.22. The van der Waals surface area contributed by atoms with Gasteiger partial charge in [-0.1, -0.05) is 11.8 Å². The van der Waals surface area contributed by atoms with Crippen LogP contribution >= 0.6 is 11.8 Å². The lowest BCUT2D eigenvalue weighted by Gasteiger charge is -2.14. The van der Waals surface area contributed by atoms with E-state index in [0.717, 1.165) is 10.7 Å². The summed E-state index contributed by atoms with van der Waals surface area (Å²) in [6.45, 7) is 0.650. The summed E-state index contributed by atoms with van der Waals surface area (Å²) in [5.41, 5.74) is 9.01. The first-order valence-electron chi connectivity index (χ1n) is 7.48. The summed E-state index contributed by atoms with van der Waals surface area (Å²) in [7, 11) is 1.79. The van der Waals surface area contributed by atoms with Crippen molar-refractivity contribution in [2.75, 3.05) is 30.0 Å². The monoisotopic (exact) mass is 341 g/mol. The van der Waals surface area contributed by atoms with Gasteiger partial charge in [-0.05, 0) is 24.3 Å². The predicted octanol–water partition coefficient (Wildman–Crippen LogP) is 2.22. The molecular weight excluding hydrogens is 322 g/mol. The third-order valence-corrected chi connectivity index (χ3v) is 4.59. The zero-order valence-electron chi connectivity index (χ0n) is 13.2.